The van der Waals surface area contributed by atoms with Gasteiger partial charge in [0.25, 0.3) is 0 Å². The predicted molar refractivity (Wildman–Crippen MR) is 113 cm³/mol. The zero-order chi connectivity index (χ0) is 20.4. The summed E-state index contributed by atoms with van der Waals surface area (Å²) < 4.78 is 1.73. The van der Waals surface area contributed by atoms with E-state index >= 15 is 0 Å². The summed E-state index contributed by atoms with van der Waals surface area (Å²) in [5, 5.41) is 7.26. The van der Waals surface area contributed by atoms with Crippen LogP contribution in [0, 0.1) is 20.8 Å². The lowest BCUT2D eigenvalue weighted by molar-refractivity contribution is 0.208. The number of hydrogen-bond donors (Lipinski definition) is 1. The van der Waals surface area contributed by atoms with Gasteiger partial charge in [0.2, 0.25) is 0 Å². The van der Waals surface area contributed by atoms with Gasteiger partial charge in [-0.3, -0.25) is 0 Å². The normalized spacial score (nSPS) is 14.2. The summed E-state index contributed by atoms with van der Waals surface area (Å²) in [6, 6.07) is 9.81. The molecule has 150 valence electrons. The van der Waals surface area contributed by atoms with Crippen molar-refractivity contribution in [3.05, 3.63) is 59.7 Å². The molecule has 3 heterocycles. The Labute approximate surface area is 170 Å². The molecule has 3 aromatic rings. The number of urea groups is 1. The van der Waals surface area contributed by atoms with Crippen LogP contribution in [0.25, 0.3) is 5.82 Å². The minimum atomic E-state index is -0.0641. The maximum atomic E-state index is 12.7. The van der Waals surface area contributed by atoms with Crippen molar-refractivity contribution in [2.45, 2.75) is 20.8 Å². The zero-order valence-electron chi connectivity index (χ0n) is 17.0. The Morgan fingerprint density at radius 1 is 0.931 bits per heavy atom. The first-order valence-corrected chi connectivity index (χ1v) is 9.73. The first-order valence-electron chi connectivity index (χ1n) is 9.73. The monoisotopic (exact) mass is 391 g/mol. The molecule has 0 spiro atoms. The van der Waals surface area contributed by atoms with Gasteiger partial charge in [-0.05, 0) is 50.1 Å². The number of piperazine rings is 1. The van der Waals surface area contributed by atoms with Gasteiger partial charge in [0, 0.05) is 50.3 Å². The van der Waals surface area contributed by atoms with Crippen LogP contribution in [-0.2, 0) is 0 Å². The Hall–Kier alpha value is -3.42. The highest BCUT2D eigenvalue weighted by Crippen LogP contribution is 2.18. The molecule has 1 aromatic carbocycles. The van der Waals surface area contributed by atoms with Gasteiger partial charge in [-0.2, -0.15) is 5.10 Å². The van der Waals surface area contributed by atoms with E-state index in [4.69, 9.17) is 0 Å². The van der Waals surface area contributed by atoms with Crippen LogP contribution in [-0.4, -0.2) is 56.9 Å². The molecule has 1 saturated heterocycles. The van der Waals surface area contributed by atoms with Crippen LogP contribution in [0.5, 0.6) is 0 Å². The molecule has 0 radical (unpaired) electrons. The predicted octanol–water partition coefficient (Wildman–Crippen LogP) is 2.94. The fourth-order valence-electron chi connectivity index (χ4n) is 3.61. The van der Waals surface area contributed by atoms with Crippen molar-refractivity contribution in [3.63, 3.8) is 0 Å². The SMILES string of the molecule is Cc1cc(C)cc(NC(=O)N2CCN(c3cc(-n4cccn4)nc(C)n3)CC2)c1. The van der Waals surface area contributed by atoms with E-state index in [1.165, 1.54) is 0 Å². The fraction of sp³-hybridized carbons (Fsp3) is 0.333. The summed E-state index contributed by atoms with van der Waals surface area (Å²) in [6.45, 7) is 8.65. The highest BCUT2D eigenvalue weighted by atomic mass is 16.2. The molecular formula is C21H25N7O. The minimum absolute atomic E-state index is 0.0641. The van der Waals surface area contributed by atoms with Crippen molar-refractivity contribution < 1.29 is 4.79 Å². The second kappa shape index (κ2) is 7.90. The lowest BCUT2D eigenvalue weighted by Crippen LogP contribution is -2.50. The smallest absolute Gasteiger partial charge is 0.321 e. The van der Waals surface area contributed by atoms with Gasteiger partial charge in [-0.25, -0.2) is 19.4 Å². The summed E-state index contributed by atoms with van der Waals surface area (Å²) in [5.74, 6) is 2.30. The molecular weight excluding hydrogens is 366 g/mol. The number of amides is 2. The third kappa shape index (κ3) is 4.37. The van der Waals surface area contributed by atoms with Crippen molar-refractivity contribution in [1.29, 1.82) is 0 Å². The van der Waals surface area contributed by atoms with Crippen molar-refractivity contribution in [2.24, 2.45) is 0 Å². The van der Waals surface area contributed by atoms with Gasteiger partial charge < -0.3 is 15.1 Å². The molecule has 8 heteroatoms. The number of nitrogens with zero attached hydrogens (tertiary/aromatic N) is 6. The van der Waals surface area contributed by atoms with E-state index in [-0.39, 0.29) is 6.03 Å². The molecule has 0 saturated carbocycles. The Morgan fingerprint density at radius 2 is 1.62 bits per heavy atom. The van der Waals surface area contributed by atoms with E-state index in [2.05, 4.69) is 31.3 Å². The molecule has 1 fully saturated rings. The molecule has 2 aromatic heterocycles. The Balaban J connectivity index is 1.41. The molecule has 1 N–H and O–H groups in total. The van der Waals surface area contributed by atoms with Crippen molar-refractivity contribution in [3.8, 4) is 5.82 Å². The summed E-state index contributed by atoms with van der Waals surface area (Å²) in [4.78, 5) is 25.7. The lowest BCUT2D eigenvalue weighted by atomic mass is 10.1. The lowest BCUT2D eigenvalue weighted by Gasteiger charge is -2.35. The van der Waals surface area contributed by atoms with Crippen LogP contribution in [0.15, 0.2) is 42.7 Å². The number of carbonyl (C=O) groups excluding carboxylic acids is 1. The van der Waals surface area contributed by atoms with Gasteiger partial charge in [-0.15, -0.1) is 0 Å². The van der Waals surface area contributed by atoms with Crippen LogP contribution in [0.2, 0.25) is 0 Å². The van der Waals surface area contributed by atoms with E-state index in [9.17, 15) is 4.79 Å². The van der Waals surface area contributed by atoms with Gasteiger partial charge >= 0.3 is 6.03 Å². The zero-order valence-corrected chi connectivity index (χ0v) is 17.0. The highest BCUT2D eigenvalue weighted by molar-refractivity contribution is 5.89. The quantitative estimate of drug-likeness (QED) is 0.743. The number of aromatic nitrogens is 4. The molecule has 1 aliphatic rings. The molecule has 0 unspecified atom stereocenters. The summed E-state index contributed by atoms with van der Waals surface area (Å²) in [5.41, 5.74) is 3.11. The highest BCUT2D eigenvalue weighted by Gasteiger charge is 2.23. The number of anilines is 2. The Bertz CT molecular complexity index is 988. The summed E-state index contributed by atoms with van der Waals surface area (Å²) >= 11 is 0. The maximum absolute atomic E-state index is 12.7. The molecule has 0 bridgehead atoms. The van der Waals surface area contributed by atoms with Crippen molar-refractivity contribution in [2.75, 3.05) is 36.4 Å². The number of hydrogen-bond acceptors (Lipinski definition) is 5. The van der Waals surface area contributed by atoms with Crippen LogP contribution < -0.4 is 10.2 Å². The summed E-state index contributed by atoms with van der Waals surface area (Å²) in [6.07, 6.45) is 3.59. The van der Waals surface area contributed by atoms with E-state index < -0.39 is 0 Å². The fourth-order valence-corrected chi connectivity index (χ4v) is 3.61. The second-order valence-corrected chi connectivity index (χ2v) is 7.36. The molecule has 29 heavy (non-hydrogen) atoms. The standard InChI is InChI=1S/C21H25N7O/c1-15-11-16(2)13-18(12-15)25-21(29)27-9-7-26(8-10-27)19-14-20(24-17(3)23-19)28-6-4-5-22-28/h4-6,11-14H,7-10H2,1-3H3,(H,25,29). The van der Waals surface area contributed by atoms with E-state index in [0.29, 0.717) is 18.9 Å². The van der Waals surface area contributed by atoms with Gasteiger partial charge in [0.1, 0.15) is 11.6 Å². The average molecular weight is 391 g/mol. The van der Waals surface area contributed by atoms with E-state index in [1.54, 1.807) is 10.9 Å². The summed E-state index contributed by atoms with van der Waals surface area (Å²) in [7, 11) is 0. The number of aryl methyl sites for hydroxylation is 3. The molecule has 4 rings (SSSR count). The van der Waals surface area contributed by atoms with Gasteiger partial charge in [0.15, 0.2) is 5.82 Å². The Morgan fingerprint density at radius 3 is 2.28 bits per heavy atom. The molecule has 8 nitrogen and oxygen atoms in total. The van der Waals surface area contributed by atoms with Crippen LogP contribution in [0.1, 0.15) is 17.0 Å². The number of carbonyl (C=O) groups is 1. The molecule has 0 aliphatic carbocycles. The number of rotatable bonds is 3. The second-order valence-electron chi connectivity index (χ2n) is 7.36. The number of benzene rings is 1. The van der Waals surface area contributed by atoms with Crippen LogP contribution in [0.3, 0.4) is 0 Å². The van der Waals surface area contributed by atoms with E-state index in [1.807, 2.05) is 56.1 Å². The van der Waals surface area contributed by atoms with Gasteiger partial charge in [-0.1, -0.05) is 6.07 Å². The van der Waals surface area contributed by atoms with Crippen LogP contribution >= 0.6 is 0 Å². The molecule has 1 aliphatic heterocycles. The average Bonchev–Trinajstić information content (AvgIpc) is 3.22. The van der Waals surface area contributed by atoms with Gasteiger partial charge in [0.05, 0.1) is 0 Å². The van der Waals surface area contributed by atoms with Crippen LogP contribution in [0.4, 0.5) is 16.3 Å². The van der Waals surface area contributed by atoms with Crippen molar-refractivity contribution >= 4 is 17.5 Å². The largest absolute Gasteiger partial charge is 0.353 e. The molecule has 0 atom stereocenters. The topological polar surface area (TPSA) is 79.2 Å². The van der Waals surface area contributed by atoms with E-state index in [0.717, 1.165) is 41.5 Å². The number of nitrogens with one attached hydrogen (secondary N) is 1. The first-order chi connectivity index (χ1) is 14.0. The minimum Gasteiger partial charge on any atom is -0.353 e. The Kier molecular flexibility index (Phi) is 5.16. The third-order valence-electron chi connectivity index (χ3n) is 4.91. The maximum Gasteiger partial charge on any atom is 0.321 e. The molecule has 2 amide bonds. The van der Waals surface area contributed by atoms with Crippen molar-refractivity contribution in [1.82, 2.24) is 24.6 Å². The first kappa shape index (κ1) is 18.9. The third-order valence-corrected chi connectivity index (χ3v) is 4.91.